The predicted octanol–water partition coefficient (Wildman–Crippen LogP) is 2.61. The number of anilines is 1. The molecule has 0 aromatic heterocycles. The quantitative estimate of drug-likeness (QED) is 0.830. The number of benzene rings is 1. The number of Topliss-reactive ketones (excluding diaryl/α,β-unsaturated/α-hetero) is 1. The molecule has 1 aliphatic rings. The second kappa shape index (κ2) is 4.33. The van der Waals surface area contributed by atoms with E-state index in [0.29, 0.717) is 23.4 Å². The number of hydrogen-bond donors (Lipinski definition) is 1. The summed E-state index contributed by atoms with van der Waals surface area (Å²) in [5, 5.41) is 2.51. The molecule has 1 amide bonds. The van der Waals surface area contributed by atoms with Gasteiger partial charge in [0.25, 0.3) is 0 Å². The van der Waals surface area contributed by atoms with Gasteiger partial charge in [-0.25, -0.2) is 4.79 Å². The second-order valence-corrected chi connectivity index (χ2v) is 4.79. The van der Waals surface area contributed by atoms with Crippen molar-refractivity contribution >= 4 is 17.6 Å². The minimum absolute atomic E-state index is 0.00904. The summed E-state index contributed by atoms with van der Waals surface area (Å²) in [4.78, 5) is 23.1. The molecule has 0 saturated carbocycles. The van der Waals surface area contributed by atoms with Crippen molar-refractivity contribution in [2.75, 3.05) is 12.4 Å². The number of amides is 1. The molecule has 0 fully saturated rings. The molecule has 96 valence electrons. The van der Waals surface area contributed by atoms with Gasteiger partial charge >= 0.3 is 6.09 Å². The molecule has 0 bridgehead atoms. The van der Waals surface area contributed by atoms with Gasteiger partial charge in [0.15, 0.2) is 5.78 Å². The Morgan fingerprint density at radius 3 is 2.83 bits per heavy atom. The van der Waals surface area contributed by atoms with Crippen LogP contribution in [-0.4, -0.2) is 24.6 Å². The molecule has 1 heterocycles. The lowest BCUT2D eigenvalue weighted by molar-refractivity contribution is 0.0620. The number of hydrogen-bond acceptors (Lipinski definition) is 4. The molecule has 0 aliphatic carbocycles. The molecule has 2 rings (SSSR count). The lowest BCUT2D eigenvalue weighted by Gasteiger charge is -2.31. The van der Waals surface area contributed by atoms with Crippen molar-refractivity contribution in [3.8, 4) is 5.75 Å². The third-order valence-electron chi connectivity index (χ3n) is 2.68. The van der Waals surface area contributed by atoms with Gasteiger partial charge in [-0.1, -0.05) is 0 Å². The van der Waals surface area contributed by atoms with Gasteiger partial charge < -0.3 is 9.47 Å². The second-order valence-electron chi connectivity index (χ2n) is 4.79. The van der Waals surface area contributed by atoms with E-state index in [1.54, 1.807) is 18.2 Å². The first-order valence-electron chi connectivity index (χ1n) is 5.62. The Morgan fingerprint density at radius 2 is 2.17 bits per heavy atom. The van der Waals surface area contributed by atoms with Gasteiger partial charge in [0.05, 0.1) is 19.1 Å². The Hall–Kier alpha value is -2.04. The van der Waals surface area contributed by atoms with Crippen LogP contribution in [0.25, 0.3) is 0 Å². The molecule has 1 aromatic carbocycles. The van der Waals surface area contributed by atoms with E-state index in [4.69, 9.17) is 4.74 Å². The van der Waals surface area contributed by atoms with Gasteiger partial charge in [-0.15, -0.1) is 0 Å². The molecule has 1 aliphatic heterocycles. The predicted molar refractivity (Wildman–Crippen MR) is 66.1 cm³/mol. The minimum Gasteiger partial charge on any atom is -0.487 e. The van der Waals surface area contributed by atoms with E-state index >= 15 is 0 Å². The molecule has 0 saturated heterocycles. The van der Waals surface area contributed by atoms with Crippen molar-refractivity contribution in [3.05, 3.63) is 23.8 Å². The summed E-state index contributed by atoms with van der Waals surface area (Å²) in [6.45, 7) is 3.74. The van der Waals surface area contributed by atoms with Crippen molar-refractivity contribution in [1.29, 1.82) is 0 Å². The standard InChI is InChI=1S/C13H15NO4/c1-13(2)7-10(15)9-6-8(14-12(16)17-3)4-5-11(9)18-13/h4-6H,7H2,1-3H3,(H,14,16). The van der Waals surface area contributed by atoms with Crippen LogP contribution in [0.1, 0.15) is 30.6 Å². The Morgan fingerprint density at radius 1 is 1.44 bits per heavy atom. The summed E-state index contributed by atoms with van der Waals surface area (Å²) in [7, 11) is 1.28. The summed E-state index contributed by atoms with van der Waals surface area (Å²) in [5.41, 5.74) is 0.516. The highest BCUT2D eigenvalue weighted by atomic mass is 16.5. The molecule has 18 heavy (non-hydrogen) atoms. The number of rotatable bonds is 1. The molecule has 0 atom stereocenters. The maximum Gasteiger partial charge on any atom is 0.411 e. The largest absolute Gasteiger partial charge is 0.487 e. The first kappa shape index (κ1) is 12.4. The molecule has 0 unspecified atom stereocenters. The highest BCUT2D eigenvalue weighted by Gasteiger charge is 2.32. The molecular weight excluding hydrogens is 234 g/mol. The molecule has 0 spiro atoms. The number of fused-ring (bicyclic) bond motifs is 1. The SMILES string of the molecule is COC(=O)Nc1ccc2c(c1)C(=O)CC(C)(C)O2. The summed E-state index contributed by atoms with van der Waals surface area (Å²) in [6, 6.07) is 4.95. The topological polar surface area (TPSA) is 64.6 Å². The number of carbonyl (C=O) groups is 2. The number of nitrogens with one attached hydrogen (secondary N) is 1. The fraction of sp³-hybridized carbons (Fsp3) is 0.385. The normalized spacial score (nSPS) is 16.5. The summed E-state index contributed by atoms with van der Waals surface area (Å²) >= 11 is 0. The zero-order valence-electron chi connectivity index (χ0n) is 10.6. The maximum absolute atomic E-state index is 12.0. The zero-order chi connectivity index (χ0) is 13.3. The molecule has 0 radical (unpaired) electrons. The Balaban J connectivity index is 2.30. The molecule has 1 aromatic rings. The highest BCUT2D eigenvalue weighted by Crippen LogP contribution is 2.34. The molecular formula is C13H15NO4. The minimum atomic E-state index is -0.570. The van der Waals surface area contributed by atoms with Gasteiger partial charge in [-0.3, -0.25) is 10.1 Å². The summed E-state index contributed by atoms with van der Waals surface area (Å²) < 4.78 is 10.2. The monoisotopic (exact) mass is 249 g/mol. The smallest absolute Gasteiger partial charge is 0.411 e. The first-order chi connectivity index (χ1) is 8.41. The first-order valence-corrected chi connectivity index (χ1v) is 5.62. The average molecular weight is 249 g/mol. The van der Waals surface area contributed by atoms with Crippen LogP contribution in [0.4, 0.5) is 10.5 Å². The summed E-state index contributed by atoms with van der Waals surface area (Å²) in [5.74, 6) is 0.557. The van der Waals surface area contributed by atoms with Crippen LogP contribution in [0.3, 0.4) is 0 Å². The van der Waals surface area contributed by atoms with Crippen molar-refractivity contribution in [3.63, 3.8) is 0 Å². The van der Waals surface area contributed by atoms with Crippen molar-refractivity contribution in [2.45, 2.75) is 25.9 Å². The number of ether oxygens (including phenoxy) is 2. The van der Waals surface area contributed by atoms with E-state index < -0.39 is 11.7 Å². The van der Waals surface area contributed by atoms with Crippen LogP contribution >= 0.6 is 0 Å². The number of ketones is 1. The van der Waals surface area contributed by atoms with Crippen LogP contribution < -0.4 is 10.1 Å². The lowest BCUT2D eigenvalue weighted by atomic mass is 9.93. The van der Waals surface area contributed by atoms with Crippen molar-refractivity contribution < 1.29 is 19.1 Å². The van der Waals surface area contributed by atoms with Crippen LogP contribution in [0.2, 0.25) is 0 Å². The fourth-order valence-corrected chi connectivity index (χ4v) is 1.90. The van der Waals surface area contributed by atoms with Gasteiger partial charge in [0.2, 0.25) is 0 Å². The van der Waals surface area contributed by atoms with Gasteiger partial charge in [0.1, 0.15) is 11.4 Å². The van der Waals surface area contributed by atoms with Crippen LogP contribution in [0.5, 0.6) is 5.75 Å². The Labute approximate surface area is 105 Å². The zero-order valence-corrected chi connectivity index (χ0v) is 10.6. The van der Waals surface area contributed by atoms with Crippen molar-refractivity contribution in [2.24, 2.45) is 0 Å². The van der Waals surface area contributed by atoms with Crippen LogP contribution in [-0.2, 0) is 4.74 Å². The van der Waals surface area contributed by atoms with Gasteiger partial charge in [-0.05, 0) is 32.0 Å². The third kappa shape index (κ3) is 2.45. The van der Waals surface area contributed by atoms with E-state index in [0.717, 1.165) is 0 Å². The Bertz CT molecular complexity index is 508. The van der Waals surface area contributed by atoms with E-state index in [2.05, 4.69) is 10.1 Å². The van der Waals surface area contributed by atoms with Gasteiger partial charge in [-0.2, -0.15) is 0 Å². The van der Waals surface area contributed by atoms with Crippen molar-refractivity contribution in [1.82, 2.24) is 0 Å². The number of methoxy groups -OCH3 is 1. The summed E-state index contributed by atoms with van der Waals surface area (Å²) in [6.07, 6.45) is -0.249. The Kier molecular flexibility index (Phi) is 2.98. The molecule has 1 N–H and O–H groups in total. The van der Waals surface area contributed by atoms with Crippen LogP contribution in [0, 0.1) is 0 Å². The third-order valence-corrected chi connectivity index (χ3v) is 2.68. The fourth-order valence-electron chi connectivity index (χ4n) is 1.90. The van der Waals surface area contributed by atoms with E-state index in [9.17, 15) is 9.59 Å². The van der Waals surface area contributed by atoms with Crippen LogP contribution in [0.15, 0.2) is 18.2 Å². The van der Waals surface area contributed by atoms with E-state index in [1.165, 1.54) is 7.11 Å². The highest BCUT2D eigenvalue weighted by molar-refractivity contribution is 6.01. The maximum atomic E-state index is 12.0. The van der Waals surface area contributed by atoms with E-state index in [-0.39, 0.29) is 5.78 Å². The van der Waals surface area contributed by atoms with E-state index in [1.807, 2.05) is 13.8 Å². The lowest BCUT2D eigenvalue weighted by Crippen LogP contribution is -2.35. The molecule has 5 heteroatoms. The number of carbonyl (C=O) groups excluding carboxylic acids is 2. The average Bonchev–Trinajstić information content (AvgIpc) is 2.28. The molecule has 5 nitrogen and oxygen atoms in total. The van der Waals surface area contributed by atoms with Gasteiger partial charge in [0, 0.05) is 5.69 Å².